The van der Waals surface area contributed by atoms with Gasteiger partial charge >= 0.3 is 5.97 Å². The second-order valence-electron chi connectivity index (χ2n) is 4.33. The van der Waals surface area contributed by atoms with Crippen LogP contribution in [0.25, 0.3) is 0 Å². The lowest BCUT2D eigenvalue weighted by Gasteiger charge is -2.10. The molecule has 0 aliphatic rings. The molecule has 1 N–H and O–H groups in total. The predicted molar refractivity (Wildman–Crippen MR) is 77.9 cm³/mol. The van der Waals surface area contributed by atoms with E-state index in [9.17, 15) is 9.18 Å². The number of carbonyl (C=O) groups excluding carboxylic acids is 1. The molecule has 0 amide bonds. The first-order valence-electron chi connectivity index (χ1n) is 6.39. The van der Waals surface area contributed by atoms with Crippen LogP contribution in [0.3, 0.4) is 0 Å². The Morgan fingerprint density at radius 2 is 2.29 bits per heavy atom. The lowest BCUT2D eigenvalue weighted by Crippen LogP contribution is -2.12. The van der Waals surface area contributed by atoms with Crippen LogP contribution in [-0.2, 0) is 18.3 Å². The van der Waals surface area contributed by atoms with Crippen LogP contribution in [0.2, 0.25) is 5.02 Å². The van der Waals surface area contributed by atoms with Crippen LogP contribution in [-0.4, -0.2) is 22.4 Å². The molecular formula is C14H15ClFN3O2. The molecule has 1 heterocycles. The van der Waals surface area contributed by atoms with E-state index in [4.69, 9.17) is 16.3 Å². The van der Waals surface area contributed by atoms with Gasteiger partial charge < -0.3 is 10.1 Å². The predicted octanol–water partition coefficient (Wildman–Crippen LogP) is 3.00. The summed E-state index contributed by atoms with van der Waals surface area (Å²) in [6.45, 7) is 2.25. The zero-order valence-electron chi connectivity index (χ0n) is 11.7. The number of hydrogen-bond acceptors (Lipinski definition) is 4. The maximum atomic E-state index is 13.7. The first-order chi connectivity index (χ1) is 10.0. The Morgan fingerprint density at radius 1 is 1.52 bits per heavy atom. The van der Waals surface area contributed by atoms with Crippen LogP contribution < -0.4 is 5.32 Å². The van der Waals surface area contributed by atoms with Gasteiger partial charge in [-0.25, -0.2) is 9.18 Å². The van der Waals surface area contributed by atoms with Crippen molar-refractivity contribution in [3.05, 3.63) is 46.5 Å². The summed E-state index contributed by atoms with van der Waals surface area (Å²) in [6, 6.07) is 4.35. The minimum absolute atomic E-state index is 0.239. The molecular weight excluding hydrogens is 297 g/mol. The van der Waals surface area contributed by atoms with Gasteiger partial charge in [0.25, 0.3) is 0 Å². The zero-order chi connectivity index (χ0) is 15.4. The summed E-state index contributed by atoms with van der Waals surface area (Å²) in [5, 5.41) is 7.27. The van der Waals surface area contributed by atoms with Crippen LogP contribution in [0.5, 0.6) is 0 Å². The topological polar surface area (TPSA) is 56.1 Å². The normalized spacial score (nSPS) is 10.5. The minimum atomic E-state index is -0.456. The van der Waals surface area contributed by atoms with Gasteiger partial charge in [-0.1, -0.05) is 11.6 Å². The smallest absolute Gasteiger partial charge is 0.341 e. The van der Waals surface area contributed by atoms with Crippen molar-refractivity contribution in [2.24, 2.45) is 7.05 Å². The van der Waals surface area contributed by atoms with Crippen LogP contribution in [0.4, 0.5) is 10.1 Å². The molecule has 0 bridgehead atoms. The molecule has 0 spiro atoms. The molecule has 0 aliphatic heterocycles. The van der Waals surface area contributed by atoms with E-state index >= 15 is 0 Å². The SMILES string of the molecule is CCOC(=O)c1cnn(C)c1CNc1ccc(Cl)cc1F. The Morgan fingerprint density at radius 3 is 2.95 bits per heavy atom. The monoisotopic (exact) mass is 311 g/mol. The van der Waals surface area contributed by atoms with Gasteiger partial charge in [0, 0.05) is 12.1 Å². The first kappa shape index (κ1) is 15.3. The number of ether oxygens (including phenoxy) is 1. The highest BCUT2D eigenvalue weighted by atomic mass is 35.5. The van der Waals surface area contributed by atoms with Gasteiger partial charge in [0.2, 0.25) is 0 Å². The van der Waals surface area contributed by atoms with Gasteiger partial charge in [-0.2, -0.15) is 5.10 Å². The van der Waals surface area contributed by atoms with Crippen molar-refractivity contribution >= 4 is 23.3 Å². The van der Waals surface area contributed by atoms with Crippen molar-refractivity contribution in [3.63, 3.8) is 0 Å². The fourth-order valence-corrected chi connectivity index (χ4v) is 2.02. The van der Waals surface area contributed by atoms with Crippen LogP contribution in [0.15, 0.2) is 24.4 Å². The number of anilines is 1. The molecule has 7 heteroatoms. The van der Waals surface area contributed by atoms with Gasteiger partial charge in [0.05, 0.1) is 30.7 Å². The number of esters is 1. The van der Waals surface area contributed by atoms with Crippen molar-refractivity contribution in [2.45, 2.75) is 13.5 Å². The first-order valence-corrected chi connectivity index (χ1v) is 6.77. The van der Waals surface area contributed by atoms with Gasteiger partial charge in [-0.3, -0.25) is 4.68 Å². The molecule has 0 aliphatic carbocycles. The van der Waals surface area contributed by atoms with Gasteiger partial charge in [-0.05, 0) is 25.1 Å². The largest absolute Gasteiger partial charge is 0.462 e. The summed E-state index contributed by atoms with van der Waals surface area (Å²) < 4.78 is 20.2. The quantitative estimate of drug-likeness (QED) is 0.862. The van der Waals surface area contributed by atoms with Crippen molar-refractivity contribution in [2.75, 3.05) is 11.9 Å². The average Bonchev–Trinajstić information content (AvgIpc) is 2.79. The van der Waals surface area contributed by atoms with E-state index in [1.807, 2.05) is 0 Å². The number of halogens is 2. The number of benzene rings is 1. The lowest BCUT2D eigenvalue weighted by molar-refractivity contribution is 0.0525. The number of aryl methyl sites for hydroxylation is 1. The van der Waals surface area contributed by atoms with E-state index < -0.39 is 11.8 Å². The summed E-state index contributed by atoms with van der Waals surface area (Å²) in [5.74, 6) is -0.902. The fourth-order valence-electron chi connectivity index (χ4n) is 1.86. The summed E-state index contributed by atoms with van der Waals surface area (Å²) in [4.78, 5) is 11.8. The summed E-state index contributed by atoms with van der Waals surface area (Å²) in [5.41, 5.74) is 1.28. The molecule has 0 saturated carbocycles. The Labute approximate surface area is 126 Å². The van der Waals surface area contributed by atoms with E-state index in [0.29, 0.717) is 22.0 Å². The Bertz CT molecular complexity index is 658. The molecule has 1 aromatic carbocycles. The lowest BCUT2D eigenvalue weighted by atomic mass is 10.2. The number of rotatable bonds is 5. The Hall–Kier alpha value is -2.08. The fraction of sp³-hybridized carbons (Fsp3) is 0.286. The summed E-state index contributed by atoms with van der Waals surface area (Å²) in [7, 11) is 1.71. The van der Waals surface area contributed by atoms with E-state index in [-0.39, 0.29) is 13.2 Å². The second-order valence-corrected chi connectivity index (χ2v) is 4.76. The molecule has 112 valence electrons. The van der Waals surface area contributed by atoms with Gasteiger partial charge in [0.15, 0.2) is 0 Å². The standard InChI is InChI=1S/C14H15ClFN3O2/c1-3-21-14(20)10-7-18-19(2)13(10)8-17-12-5-4-9(15)6-11(12)16/h4-7,17H,3,8H2,1-2H3. The van der Waals surface area contributed by atoms with Crippen LogP contribution >= 0.6 is 11.6 Å². The number of hydrogen-bond donors (Lipinski definition) is 1. The van der Waals surface area contributed by atoms with E-state index in [1.165, 1.54) is 18.3 Å². The third kappa shape index (κ3) is 3.52. The molecule has 0 unspecified atom stereocenters. The van der Waals surface area contributed by atoms with Crippen LogP contribution in [0, 0.1) is 5.82 Å². The number of nitrogens with one attached hydrogen (secondary N) is 1. The molecule has 0 atom stereocenters. The third-order valence-corrected chi connectivity index (χ3v) is 3.17. The molecule has 0 radical (unpaired) electrons. The molecule has 2 aromatic rings. The number of aromatic nitrogens is 2. The Kier molecular flexibility index (Phi) is 4.80. The maximum absolute atomic E-state index is 13.7. The highest BCUT2D eigenvalue weighted by molar-refractivity contribution is 6.30. The molecule has 1 aromatic heterocycles. The summed E-state index contributed by atoms with van der Waals surface area (Å²) in [6.07, 6.45) is 1.44. The van der Waals surface area contributed by atoms with Crippen molar-refractivity contribution < 1.29 is 13.9 Å². The van der Waals surface area contributed by atoms with E-state index in [1.54, 1.807) is 24.7 Å². The van der Waals surface area contributed by atoms with E-state index in [2.05, 4.69) is 10.4 Å². The minimum Gasteiger partial charge on any atom is -0.462 e. The van der Waals surface area contributed by atoms with E-state index in [0.717, 1.165) is 0 Å². The van der Waals surface area contributed by atoms with Gasteiger partial charge in [0.1, 0.15) is 11.4 Å². The number of nitrogens with zero attached hydrogens (tertiary/aromatic N) is 2. The molecule has 0 fully saturated rings. The van der Waals surface area contributed by atoms with Crippen molar-refractivity contribution in [1.29, 1.82) is 0 Å². The third-order valence-electron chi connectivity index (χ3n) is 2.93. The molecule has 21 heavy (non-hydrogen) atoms. The Balaban J connectivity index is 2.16. The highest BCUT2D eigenvalue weighted by Crippen LogP contribution is 2.20. The second kappa shape index (κ2) is 6.58. The molecule has 5 nitrogen and oxygen atoms in total. The van der Waals surface area contributed by atoms with Crippen LogP contribution in [0.1, 0.15) is 23.0 Å². The molecule has 0 saturated heterocycles. The average molecular weight is 312 g/mol. The van der Waals surface area contributed by atoms with Gasteiger partial charge in [-0.15, -0.1) is 0 Å². The summed E-state index contributed by atoms with van der Waals surface area (Å²) >= 11 is 5.70. The molecule has 2 rings (SSSR count). The highest BCUT2D eigenvalue weighted by Gasteiger charge is 2.17. The van der Waals surface area contributed by atoms with Crippen molar-refractivity contribution in [1.82, 2.24) is 9.78 Å². The number of carbonyl (C=O) groups is 1. The zero-order valence-corrected chi connectivity index (χ0v) is 12.4. The van der Waals surface area contributed by atoms with Crippen molar-refractivity contribution in [3.8, 4) is 0 Å². The maximum Gasteiger partial charge on any atom is 0.341 e.